The third kappa shape index (κ3) is 3.14. The highest BCUT2D eigenvalue weighted by Crippen LogP contribution is 2.42. The standard InChI is InChI=1S/C15H24N2S/c1-2-17(13-7-8-13)10-9-16-15(12-5-6-12)14-4-3-11-18-14/h3-4,11-13,15-16H,2,5-10H2,1H3. The van der Waals surface area contributed by atoms with Crippen LogP contribution in [0.5, 0.6) is 0 Å². The van der Waals surface area contributed by atoms with Crippen LogP contribution in [0.4, 0.5) is 0 Å². The normalized spacial score (nSPS) is 21.4. The van der Waals surface area contributed by atoms with Crippen molar-refractivity contribution in [3.05, 3.63) is 22.4 Å². The first-order chi connectivity index (χ1) is 8.88. The number of hydrogen-bond donors (Lipinski definition) is 1. The Hall–Kier alpha value is -0.380. The van der Waals surface area contributed by atoms with Gasteiger partial charge in [0.15, 0.2) is 0 Å². The molecule has 0 spiro atoms. The molecule has 2 aliphatic rings. The Balaban J connectivity index is 1.48. The summed E-state index contributed by atoms with van der Waals surface area (Å²) in [6.07, 6.45) is 5.67. The number of rotatable bonds is 8. The summed E-state index contributed by atoms with van der Waals surface area (Å²) in [4.78, 5) is 4.16. The van der Waals surface area contributed by atoms with Crippen molar-refractivity contribution in [1.29, 1.82) is 0 Å². The molecule has 0 aromatic carbocycles. The summed E-state index contributed by atoms with van der Waals surface area (Å²) in [5.74, 6) is 0.902. The van der Waals surface area contributed by atoms with Crippen molar-refractivity contribution < 1.29 is 0 Å². The van der Waals surface area contributed by atoms with Crippen molar-refractivity contribution in [3.63, 3.8) is 0 Å². The number of likely N-dealkylation sites (N-methyl/N-ethyl adjacent to an activating group) is 1. The van der Waals surface area contributed by atoms with E-state index in [1.54, 1.807) is 0 Å². The van der Waals surface area contributed by atoms with Crippen LogP contribution in [-0.4, -0.2) is 30.6 Å². The summed E-state index contributed by atoms with van der Waals surface area (Å²) in [6.45, 7) is 5.86. The van der Waals surface area contributed by atoms with E-state index in [9.17, 15) is 0 Å². The van der Waals surface area contributed by atoms with Crippen LogP contribution >= 0.6 is 11.3 Å². The third-order valence-corrected chi connectivity index (χ3v) is 5.13. The molecule has 2 saturated carbocycles. The Morgan fingerprint density at radius 1 is 1.39 bits per heavy atom. The van der Waals surface area contributed by atoms with Crippen LogP contribution < -0.4 is 5.32 Å². The summed E-state index contributed by atoms with van der Waals surface area (Å²) >= 11 is 1.91. The van der Waals surface area contributed by atoms with Gasteiger partial charge in [-0.2, -0.15) is 0 Å². The van der Waals surface area contributed by atoms with Gasteiger partial charge in [-0.25, -0.2) is 0 Å². The molecule has 3 rings (SSSR count). The molecule has 1 atom stereocenters. The highest BCUT2D eigenvalue weighted by molar-refractivity contribution is 7.10. The van der Waals surface area contributed by atoms with Gasteiger partial charge >= 0.3 is 0 Å². The quantitative estimate of drug-likeness (QED) is 0.775. The van der Waals surface area contributed by atoms with Crippen LogP contribution in [0.2, 0.25) is 0 Å². The summed E-state index contributed by atoms with van der Waals surface area (Å²) in [5.41, 5.74) is 0. The molecule has 0 aliphatic heterocycles. The maximum Gasteiger partial charge on any atom is 0.0443 e. The van der Waals surface area contributed by atoms with Crippen molar-refractivity contribution in [2.75, 3.05) is 19.6 Å². The first-order valence-corrected chi connectivity index (χ1v) is 8.27. The monoisotopic (exact) mass is 264 g/mol. The van der Waals surface area contributed by atoms with Crippen molar-refractivity contribution in [2.24, 2.45) is 5.92 Å². The summed E-state index contributed by atoms with van der Waals surface area (Å²) in [7, 11) is 0. The zero-order valence-electron chi connectivity index (χ0n) is 11.3. The molecule has 1 aromatic heterocycles. The maximum atomic E-state index is 3.80. The molecule has 100 valence electrons. The zero-order valence-corrected chi connectivity index (χ0v) is 12.1. The number of nitrogens with one attached hydrogen (secondary N) is 1. The molecule has 2 aliphatic carbocycles. The number of thiophene rings is 1. The maximum absolute atomic E-state index is 3.80. The van der Waals surface area contributed by atoms with Crippen molar-refractivity contribution in [1.82, 2.24) is 10.2 Å². The molecule has 1 N–H and O–H groups in total. The van der Waals surface area contributed by atoms with Gasteiger partial charge in [0.25, 0.3) is 0 Å². The second-order valence-electron chi connectivity index (χ2n) is 5.64. The van der Waals surface area contributed by atoms with Gasteiger partial charge in [0.05, 0.1) is 0 Å². The van der Waals surface area contributed by atoms with Crippen LogP contribution in [0.1, 0.15) is 43.5 Å². The fourth-order valence-corrected chi connectivity index (χ4v) is 3.69. The molecule has 1 heterocycles. The highest BCUT2D eigenvalue weighted by Gasteiger charge is 2.33. The lowest BCUT2D eigenvalue weighted by atomic mass is 10.1. The molecule has 0 saturated heterocycles. The highest BCUT2D eigenvalue weighted by atomic mass is 32.1. The van der Waals surface area contributed by atoms with Crippen LogP contribution in [0.15, 0.2) is 17.5 Å². The minimum atomic E-state index is 0.628. The minimum absolute atomic E-state index is 0.628. The van der Waals surface area contributed by atoms with Gasteiger partial charge in [0, 0.05) is 30.1 Å². The summed E-state index contributed by atoms with van der Waals surface area (Å²) in [5, 5.41) is 6.00. The average molecular weight is 264 g/mol. The molecule has 1 unspecified atom stereocenters. The topological polar surface area (TPSA) is 15.3 Å². The Morgan fingerprint density at radius 3 is 2.78 bits per heavy atom. The molecule has 2 fully saturated rings. The van der Waals surface area contributed by atoms with E-state index in [1.807, 2.05) is 11.3 Å². The van der Waals surface area contributed by atoms with Gasteiger partial charge in [-0.1, -0.05) is 13.0 Å². The molecule has 18 heavy (non-hydrogen) atoms. The van der Waals surface area contributed by atoms with Crippen LogP contribution in [0, 0.1) is 5.92 Å². The van der Waals surface area contributed by atoms with Crippen LogP contribution in [0.25, 0.3) is 0 Å². The SMILES string of the molecule is CCN(CCNC(c1cccs1)C1CC1)C1CC1. The molecule has 3 heteroatoms. The Kier molecular flexibility index (Phi) is 4.02. The summed E-state index contributed by atoms with van der Waals surface area (Å²) in [6, 6.07) is 6.00. The van der Waals surface area contributed by atoms with Gasteiger partial charge < -0.3 is 5.32 Å². The largest absolute Gasteiger partial charge is 0.308 e. The third-order valence-electron chi connectivity index (χ3n) is 4.18. The molecular formula is C15H24N2S. The number of nitrogens with zero attached hydrogens (tertiary/aromatic N) is 1. The minimum Gasteiger partial charge on any atom is -0.308 e. The van der Waals surface area contributed by atoms with Gasteiger partial charge in [-0.05, 0) is 49.6 Å². The van der Waals surface area contributed by atoms with Crippen molar-refractivity contribution in [3.8, 4) is 0 Å². The lowest BCUT2D eigenvalue weighted by Crippen LogP contribution is -2.35. The molecule has 0 amide bonds. The second kappa shape index (κ2) is 5.72. The Labute approximate surface area is 114 Å². The average Bonchev–Trinajstić information content (AvgIpc) is 3.30. The fraction of sp³-hybridized carbons (Fsp3) is 0.733. The lowest BCUT2D eigenvalue weighted by Gasteiger charge is -2.23. The lowest BCUT2D eigenvalue weighted by molar-refractivity contribution is 0.270. The van der Waals surface area contributed by atoms with Gasteiger partial charge in [-0.15, -0.1) is 11.3 Å². The predicted molar refractivity (Wildman–Crippen MR) is 78.1 cm³/mol. The Bertz CT molecular complexity index is 355. The van der Waals surface area contributed by atoms with Gasteiger partial charge in [-0.3, -0.25) is 4.90 Å². The molecular weight excluding hydrogens is 240 g/mol. The van der Waals surface area contributed by atoms with Crippen LogP contribution in [0.3, 0.4) is 0 Å². The van der Waals surface area contributed by atoms with Gasteiger partial charge in [0.1, 0.15) is 0 Å². The van der Waals surface area contributed by atoms with Crippen molar-refractivity contribution >= 4 is 11.3 Å². The first kappa shape index (κ1) is 12.6. The van der Waals surface area contributed by atoms with E-state index >= 15 is 0 Å². The van der Waals surface area contributed by atoms with E-state index in [0.717, 1.165) is 18.5 Å². The van der Waals surface area contributed by atoms with E-state index in [2.05, 4.69) is 34.7 Å². The van der Waals surface area contributed by atoms with Crippen molar-refractivity contribution in [2.45, 2.75) is 44.7 Å². The molecule has 2 nitrogen and oxygen atoms in total. The predicted octanol–water partition coefficient (Wildman–Crippen LogP) is 3.27. The second-order valence-corrected chi connectivity index (χ2v) is 6.62. The number of hydrogen-bond acceptors (Lipinski definition) is 3. The van der Waals surface area contributed by atoms with E-state index in [0.29, 0.717) is 6.04 Å². The molecule has 0 radical (unpaired) electrons. The van der Waals surface area contributed by atoms with E-state index in [-0.39, 0.29) is 0 Å². The fourth-order valence-electron chi connectivity index (χ4n) is 2.80. The Morgan fingerprint density at radius 2 is 2.22 bits per heavy atom. The van der Waals surface area contributed by atoms with E-state index in [1.165, 1.54) is 43.6 Å². The van der Waals surface area contributed by atoms with E-state index in [4.69, 9.17) is 0 Å². The van der Waals surface area contributed by atoms with Crippen LogP contribution in [-0.2, 0) is 0 Å². The molecule has 1 aromatic rings. The molecule has 0 bridgehead atoms. The smallest absolute Gasteiger partial charge is 0.0443 e. The zero-order chi connectivity index (χ0) is 12.4. The van der Waals surface area contributed by atoms with E-state index < -0.39 is 0 Å². The summed E-state index contributed by atoms with van der Waals surface area (Å²) < 4.78 is 0. The van der Waals surface area contributed by atoms with Gasteiger partial charge in [0.2, 0.25) is 0 Å². The first-order valence-electron chi connectivity index (χ1n) is 7.39.